The molecule has 130 valence electrons. The number of halogens is 1. The van der Waals surface area contributed by atoms with Crippen LogP contribution in [0.25, 0.3) is 0 Å². The first-order valence-electron chi connectivity index (χ1n) is 7.45. The lowest BCUT2D eigenvalue weighted by atomic mass is 10.1. The van der Waals surface area contributed by atoms with Crippen molar-refractivity contribution < 1.29 is 23.9 Å². The summed E-state index contributed by atoms with van der Waals surface area (Å²) in [6.45, 7) is 1.05. The fourth-order valence-corrected chi connectivity index (χ4v) is 2.79. The number of carbonyl (C=O) groups is 3. The molecule has 24 heavy (non-hydrogen) atoms. The van der Waals surface area contributed by atoms with Crippen LogP contribution in [-0.4, -0.2) is 50.2 Å². The van der Waals surface area contributed by atoms with Gasteiger partial charge in [-0.05, 0) is 30.5 Å². The predicted molar refractivity (Wildman–Crippen MR) is 88.1 cm³/mol. The van der Waals surface area contributed by atoms with Crippen LogP contribution in [0.2, 0.25) is 5.02 Å². The summed E-state index contributed by atoms with van der Waals surface area (Å²) in [5.74, 6) is -0.677. The fourth-order valence-electron chi connectivity index (χ4n) is 2.56. The van der Waals surface area contributed by atoms with Gasteiger partial charge in [0.15, 0.2) is 0 Å². The molecule has 1 aliphatic rings. The van der Waals surface area contributed by atoms with Crippen molar-refractivity contribution >= 4 is 35.3 Å². The summed E-state index contributed by atoms with van der Waals surface area (Å²) < 4.78 is 9.26. The average molecular weight is 355 g/mol. The monoisotopic (exact) mass is 354 g/mol. The molecule has 0 spiro atoms. The second-order valence-electron chi connectivity index (χ2n) is 5.50. The molecule has 0 aliphatic carbocycles. The Morgan fingerprint density at radius 3 is 2.67 bits per heavy atom. The van der Waals surface area contributed by atoms with Gasteiger partial charge in [0.2, 0.25) is 0 Å². The van der Waals surface area contributed by atoms with Crippen LogP contribution in [-0.2, 0) is 14.3 Å². The lowest BCUT2D eigenvalue weighted by Crippen LogP contribution is -2.33. The van der Waals surface area contributed by atoms with Crippen LogP contribution < -0.4 is 5.32 Å². The molecule has 1 aliphatic heterocycles. The van der Waals surface area contributed by atoms with Gasteiger partial charge in [0.1, 0.15) is 0 Å². The summed E-state index contributed by atoms with van der Waals surface area (Å²) in [5, 5.41) is 2.96. The second kappa shape index (κ2) is 8.01. The summed E-state index contributed by atoms with van der Waals surface area (Å²) in [6.07, 6.45) is 1.05. The van der Waals surface area contributed by atoms with E-state index in [-0.39, 0.29) is 22.9 Å². The van der Waals surface area contributed by atoms with Crippen LogP contribution >= 0.6 is 11.6 Å². The second-order valence-corrected chi connectivity index (χ2v) is 5.90. The van der Waals surface area contributed by atoms with E-state index < -0.39 is 5.97 Å². The normalized spacial score (nSPS) is 16.6. The summed E-state index contributed by atoms with van der Waals surface area (Å²) in [5.41, 5.74) is 0.713. The molecule has 1 N–H and O–H groups in total. The van der Waals surface area contributed by atoms with Crippen molar-refractivity contribution in [3.63, 3.8) is 0 Å². The van der Waals surface area contributed by atoms with Crippen molar-refractivity contribution in [3.8, 4) is 0 Å². The van der Waals surface area contributed by atoms with E-state index in [2.05, 4.69) is 14.8 Å². The van der Waals surface area contributed by atoms with E-state index >= 15 is 0 Å². The highest BCUT2D eigenvalue weighted by Crippen LogP contribution is 2.25. The molecule has 1 atom stereocenters. The number of ether oxygens (including phenoxy) is 2. The molecule has 1 saturated heterocycles. The Bertz CT molecular complexity index is 649. The number of methoxy groups -OCH3 is 2. The molecule has 7 nitrogen and oxygen atoms in total. The SMILES string of the molecule is COC(=O)C[C@H]1CCN(C(=O)Nc2ccc(C(=O)OC)cc2Cl)C1. The van der Waals surface area contributed by atoms with Crippen molar-refractivity contribution in [1.82, 2.24) is 4.90 Å². The topological polar surface area (TPSA) is 84.9 Å². The van der Waals surface area contributed by atoms with Gasteiger partial charge in [-0.2, -0.15) is 0 Å². The van der Waals surface area contributed by atoms with Crippen LogP contribution in [0, 0.1) is 5.92 Å². The smallest absolute Gasteiger partial charge is 0.337 e. The van der Waals surface area contributed by atoms with Gasteiger partial charge in [-0.1, -0.05) is 11.6 Å². The zero-order chi connectivity index (χ0) is 17.7. The molecule has 0 saturated carbocycles. The van der Waals surface area contributed by atoms with Crippen LogP contribution in [0.4, 0.5) is 10.5 Å². The van der Waals surface area contributed by atoms with E-state index in [9.17, 15) is 14.4 Å². The zero-order valence-electron chi connectivity index (χ0n) is 13.5. The third-order valence-electron chi connectivity index (χ3n) is 3.89. The molecule has 1 heterocycles. The van der Waals surface area contributed by atoms with Gasteiger partial charge >= 0.3 is 18.0 Å². The maximum absolute atomic E-state index is 12.3. The Balaban J connectivity index is 1.95. The van der Waals surface area contributed by atoms with E-state index in [0.717, 1.165) is 6.42 Å². The minimum atomic E-state index is -0.500. The molecule has 0 unspecified atom stereocenters. The maximum atomic E-state index is 12.3. The van der Waals surface area contributed by atoms with E-state index in [1.807, 2.05) is 0 Å². The molecular weight excluding hydrogens is 336 g/mol. The number of benzene rings is 1. The Hall–Kier alpha value is -2.28. The Kier molecular flexibility index (Phi) is 6.03. The highest BCUT2D eigenvalue weighted by atomic mass is 35.5. The molecule has 0 radical (unpaired) electrons. The van der Waals surface area contributed by atoms with Gasteiger partial charge in [-0.15, -0.1) is 0 Å². The van der Waals surface area contributed by atoms with Crippen molar-refractivity contribution in [1.29, 1.82) is 0 Å². The third-order valence-corrected chi connectivity index (χ3v) is 4.20. The first-order chi connectivity index (χ1) is 11.4. The van der Waals surface area contributed by atoms with Crippen LogP contribution in [0.15, 0.2) is 18.2 Å². The van der Waals surface area contributed by atoms with Crippen molar-refractivity contribution in [2.45, 2.75) is 12.8 Å². The molecule has 2 rings (SSSR count). The number of likely N-dealkylation sites (tertiary alicyclic amines) is 1. The van der Waals surface area contributed by atoms with E-state index in [1.54, 1.807) is 11.0 Å². The summed E-state index contributed by atoms with van der Waals surface area (Å²) in [6, 6.07) is 4.22. The third kappa shape index (κ3) is 4.38. The predicted octanol–water partition coefficient (Wildman–Crippen LogP) is 2.54. The first kappa shape index (κ1) is 18.1. The number of carbonyl (C=O) groups excluding carboxylic acids is 3. The molecule has 2 amide bonds. The molecule has 1 aromatic carbocycles. The highest BCUT2D eigenvalue weighted by molar-refractivity contribution is 6.34. The van der Waals surface area contributed by atoms with Crippen molar-refractivity contribution in [2.75, 3.05) is 32.6 Å². The molecule has 0 bridgehead atoms. The minimum absolute atomic E-state index is 0.0976. The Labute approximate surface area is 144 Å². The Morgan fingerprint density at radius 1 is 1.29 bits per heavy atom. The molecule has 0 aromatic heterocycles. The van der Waals surface area contributed by atoms with Gasteiger partial charge in [0, 0.05) is 13.1 Å². The number of esters is 2. The fraction of sp³-hybridized carbons (Fsp3) is 0.438. The lowest BCUT2D eigenvalue weighted by Gasteiger charge is -2.18. The van der Waals surface area contributed by atoms with E-state index in [0.29, 0.717) is 30.8 Å². The maximum Gasteiger partial charge on any atom is 0.337 e. The number of hydrogen-bond acceptors (Lipinski definition) is 5. The van der Waals surface area contributed by atoms with Gasteiger partial charge in [-0.3, -0.25) is 4.79 Å². The van der Waals surface area contributed by atoms with Gasteiger partial charge in [-0.25, -0.2) is 9.59 Å². The van der Waals surface area contributed by atoms with Crippen LogP contribution in [0.5, 0.6) is 0 Å². The van der Waals surface area contributed by atoms with E-state index in [1.165, 1.54) is 26.4 Å². The zero-order valence-corrected chi connectivity index (χ0v) is 14.3. The number of amides is 2. The number of urea groups is 1. The number of rotatable bonds is 4. The minimum Gasteiger partial charge on any atom is -0.469 e. The number of hydrogen-bond donors (Lipinski definition) is 1. The number of anilines is 1. The average Bonchev–Trinajstić information content (AvgIpc) is 3.04. The largest absolute Gasteiger partial charge is 0.469 e. The van der Waals surface area contributed by atoms with Gasteiger partial charge in [0.25, 0.3) is 0 Å². The van der Waals surface area contributed by atoms with Gasteiger partial charge in [0.05, 0.1) is 36.9 Å². The Morgan fingerprint density at radius 2 is 2.04 bits per heavy atom. The van der Waals surface area contributed by atoms with Gasteiger partial charge < -0.3 is 19.7 Å². The lowest BCUT2D eigenvalue weighted by molar-refractivity contribution is -0.141. The molecule has 1 aromatic rings. The highest BCUT2D eigenvalue weighted by Gasteiger charge is 2.28. The molecule has 8 heteroatoms. The van der Waals surface area contributed by atoms with Crippen LogP contribution in [0.1, 0.15) is 23.2 Å². The number of nitrogens with one attached hydrogen (secondary N) is 1. The summed E-state index contributed by atoms with van der Waals surface area (Å²) >= 11 is 6.10. The summed E-state index contributed by atoms with van der Waals surface area (Å²) in [4.78, 5) is 36.7. The quantitative estimate of drug-likeness (QED) is 0.840. The van der Waals surface area contributed by atoms with Crippen molar-refractivity contribution in [2.24, 2.45) is 5.92 Å². The van der Waals surface area contributed by atoms with E-state index in [4.69, 9.17) is 11.6 Å². The van der Waals surface area contributed by atoms with Crippen LogP contribution in [0.3, 0.4) is 0 Å². The molecule has 1 fully saturated rings. The van der Waals surface area contributed by atoms with Crippen molar-refractivity contribution in [3.05, 3.63) is 28.8 Å². The summed E-state index contributed by atoms with van der Waals surface area (Å²) in [7, 11) is 2.63. The standard InChI is InChI=1S/C16H19ClN2O5/c1-23-14(20)7-10-5-6-19(9-10)16(22)18-13-4-3-11(8-12(13)17)15(21)24-2/h3-4,8,10H,5-7,9H2,1-2H3,(H,18,22)/t10-/m1/s1. The first-order valence-corrected chi connectivity index (χ1v) is 7.83. The molecular formula is C16H19ClN2O5. The number of nitrogens with zero attached hydrogens (tertiary/aromatic N) is 1.